The zero-order valence-corrected chi connectivity index (χ0v) is 17.7. The van der Waals surface area contributed by atoms with Gasteiger partial charge in [0.25, 0.3) is 5.91 Å². The summed E-state index contributed by atoms with van der Waals surface area (Å²) >= 11 is 0. The van der Waals surface area contributed by atoms with Crippen molar-refractivity contribution in [2.24, 2.45) is 0 Å². The average Bonchev–Trinajstić information content (AvgIpc) is 3.58. The van der Waals surface area contributed by atoms with E-state index in [2.05, 4.69) is 15.0 Å². The van der Waals surface area contributed by atoms with Gasteiger partial charge in [0.05, 0.1) is 24.1 Å². The SMILES string of the molecule is O=C1N(c2ccc(OC(F)(F)F)cc2)C(=O)C2(CC2)N1Cc1ccncc1Nc1ccccc1. The van der Waals surface area contributed by atoms with Crippen LogP contribution in [0.3, 0.4) is 0 Å². The molecular weight excluding hydrogens is 449 g/mol. The number of alkyl halides is 3. The minimum Gasteiger partial charge on any atom is -0.406 e. The number of para-hydroxylation sites is 1. The smallest absolute Gasteiger partial charge is 0.406 e. The predicted molar refractivity (Wildman–Crippen MR) is 117 cm³/mol. The molecule has 7 nitrogen and oxygen atoms in total. The monoisotopic (exact) mass is 468 g/mol. The van der Waals surface area contributed by atoms with Gasteiger partial charge in [-0.15, -0.1) is 13.2 Å². The van der Waals surface area contributed by atoms with Crippen LogP contribution in [0.4, 0.5) is 35.0 Å². The molecule has 2 aromatic carbocycles. The molecule has 2 fully saturated rings. The van der Waals surface area contributed by atoms with Crippen molar-refractivity contribution in [3.8, 4) is 5.75 Å². The second-order valence-corrected chi connectivity index (χ2v) is 8.11. The Morgan fingerprint density at radius 3 is 2.35 bits per heavy atom. The number of hydrogen-bond donors (Lipinski definition) is 1. The highest BCUT2D eigenvalue weighted by Gasteiger charge is 2.65. The molecule has 2 heterocycles. The van der Waals surface area contributed by atoms with E-state index in [1.54, 1.807) is 18.5 Å². The van der Waals surface area contributed by atoms with E-state index in [1.165, 1.54) is 17.0 Å². The number of halogens is 3. The van der Waals surface area contributed by atoms with E-state index in [4.69, 9.17) is 0 Å². The van der Waals surface area contributed by atoms with E-state index in [1.807, 2.05) is 30.3 Å². The van der Waals surface area contributed by atoms with Crippen molar-refractivity contribution >= 4 is 29.0 Å². The predicted octanol–water partition coefficient (Wildman–Crippen LogP) is 5.23. The van der Waals surface area contributed by atoms with Crippen LogP contribution in [0.2, 0.25) is 0 Å². The van der Waals surface area contributed by atoms with E-state index in [9.17, 15) is 22.8 Å². The molecule has 3 amide bonds. The van der Waals surface area contributed by atoms with Crippen LogP contribution in [0.5, 0.6) is 5.75 Å². The molecule has 0 atom stereocenters. The van der Waals surface area contributed by atoms with Crippen LogP contribution >= 0.6 is 0 Å². The summed E-state index contributed by atoms with van der Waals surface area (Å²) in [7, 11) is 0. The number of aromatic nitrogens is 1. The molecule has 1 aliphatic heterocycles. The molecule has 0 radical (unpaired) electrons. The third-order valence-corrected chi connectivity index (χ3v) is 5.88. The van der Waals surface area contributed by atoms with Crippen molar-refractivity contribution in [2.45, 2.75) is 31.3 Å². The second kappa shape index (κ2) is 8.05. The highest BCUT2D eigenvalue weighted by molar-refractivity contribution is 6.24. The summed E-state index contributed by atoms with van der Waals surface area (Å²) in [4.78, 5) is 33.3. The van der Waals surface area contributed by atoms with E-state index in [0.717, 1.165) is 28.3 Å². The van der Waals surface area contributed by atoms with Crippen LogP contribution < -0.4 is 15.0 Å². The van der Waals surface area contributed by atoms with Gasteiger partial charge in [-0.05, 0) is 60.9 Å². The van der Waals surface area contributed by atoms with Gasteiger partial charge < -0.3 is 15.0 Å². The van der Waals surface area contributed by atoms with Crippen LogP contribution in [0.15, 0.2) is 73.1 Å². The number of anilines is 3. The van der Waals surface area contributed by atoms with Crippen LogP contribution in [-0.2, 0) is 11.3 Å². The maximum absolute atomic E-state index is 13.3. The first kappa shape index (κ1) is 21.7. The number of carbonyl (C=O) groups excluding carboxylic acids is 2. The zero-order chi connectivity index (χ0) is 23.9. The number of carbonyl (C=O) groups is 2. The molecule has 2 aliphatic rings. The Morgan fingerprint density at radius 1 is 1.00 bits per heavy atom. The summed E-state index contributed by atoms with van der Waals surface area (Å²) in [6, 6.07) is 15.4. The van der Waals surface area contributed by atoms with Crippen molar-refractivity contribution in [1.82, 2.24) is 9.88 Å². The van der Waals surface area contributed by atoms with Gasteiger partial charge in [-0.25, -0.2) is 9.69 Å². The molecule has 5 rings (SSSR count). The van der Waals surface area contributed by atoms with E-state index < -0.39 is 23.7 Å². The van der Waals surface area contributed by atoms with E-state index in [0.29, 0.717) is 18.5 Å². The van der Waals surface area contributed by atoms with Crippen molar-refractivity contribution in [3.05, 3.63) is 78.6 Å². The summed E-state index contributed by atoms with van der Waals surface area (Å²) in [5, 5.41) is 3.28. The van der Waals surface area contributed by atoms with Gasteiger partial charge in [-0.2, -0.15) is 0 Å². The third kappa shape index (κ3) is 4.02. The number of rotatable bonds is 6. The van der Waals surface area contributed by atoms with Crippen molar-refractivity contribution in [3.63, 3.8) is 0 Å². The Labute approximate surface area is 192 Å². The van der Waals surface area contributed by atoms with Gasteiger partial charge in [0.15, 0.2) is 0 Å². The van der Waals surface area contributed by atoms with Crippen LogP contribution in [0.1, 0.15) is 18.4 Å². The minimum absolute atomic E-state index is 0.175. The Morgan fingerprint density at radius 2 is 1.71 bits per heavy atom. The number of imide groups is 1. The number of nitrogens with zero attached hydrogens (tertiary/aromatic N) is 3. The number of nitrogens with one attached hydrogen (secondary N) is 1. The van der Waals surface area contributed by atoms with Gasteiger partial charge in [0.1, 0.15) is 11.3 Å². The molecule has 1 N–H and O–H groups in total. The lowest BCUT2D eigenvalue weighted by Crippen LogP contribution is -2.36. The number of benzene rings is 2. The quantitative estimate of drug-likeness (QED) is 0.502. The largest absolute Gasteiger partial charge is 0.573 e. The first-order valence-electron chi connectivity index (χ1n) is 10.5. The molecule has 174 valence electrons. The summed E-state index contributed by atoms with van der Waals surface area (Å²) in [6.45, 7) is 0.175. The third-order valence-electron chi connectivity index (χ3n) is 5.88. The minimum atomic E-state index is -4.83. The number of urea groups is 1. The summed E-state index contributed by atoms with van der Waals surface area (Å²) in [5.41, 5.74) is 1.59. The molecule has 1 aliphatic carbocycles. The van der Waals surface area contributed by atoms with Gasteiger partial charge in [0.2, 0.25) is 0 Å². The van der Waals surface area contributed by atoms with Crippen molar-refractivity contribution in [2.75, 3.05) is 10.2 Å². The molecule has 10 heteroatoms. The fourth-order valence-corrected chi connectivity index (χ4v) is 4.08. The fourth-order valence-electron chi connectivity index (χ4n) is 4.08. The number of ether oxygens (including phenoxy) is 1. The Balaban J connectivity index is 1.39. The van der Waals surface area contributed by atoms with Crippen molar-refractivity contribution < 1.29 is 27.5 Å². The zero-order valence-electron chi connectivity index (χ0n) is 17.7. The molecule has 3 aromatic rings. The van der Waals surface area contributed by atoms with Crippen LogP contribution in [0, 0.1) is 0 Å². The molecule has 1 saturated carbocycles. The molecule has 1 aromatic heterocycles. The molecule has 34 heavy (non-hydrogen) atoms. The molecule has 1 saturated heterocycles. The van der Waals surface area contributed by atoms with Crippen LogP contribution in [-0.4, -0.2) is 33.7 Å². The highest BCUT2D eigenvalue weighted by atomic mass is 19.4. The van der Waals surface area contributed by atoms with Gasteiger partial charge >= 0.3 is 12.4 Å². The van der Waals surface area contributed by atoms with E-state index in [-0.39, 0.29) is 18.1 Å². The maximum atomic E-state index is 13.3. The van der Waals surface area contributed by atoms with Gasteiger partial charge in [-0.3, -0.25) is 9.78 Å². The first-order valence-corrected chi connectivity index (χ1v) is 10.5. The Bertz CT molecular complexity index is 1230. The topological polar surface area (TPSA) is 74.8 Å². The highest BCUT2D eigenvalue weighted by Crippen LogP contribution is 2.50. The first-order chi connectivity index (χ1) is 16.3. The number of amides is 3. The molecular formula is C24H19F3N4O3. The molecule has 0 bridgehead atoms. The van der Waals surface area contributed by atoms with E-state index >= 15 is 0 Å². The Kier molecular flexibility index (Phi) is 5.15. The van der Waals surface area contributed by atoms with Crippen LogP contribution in [0.25, 0.3) is 0 Å². The normalized spacial score (nSPS) is 16.8. The summed E-state index contributed by atoms with van der Waals surface area (Å²) in [6.07, 6.45) is -0.510. The summed E-state index contributed by atoms with van der Waals surface area (Å²) in [5.74, 6) is -0.810. The standard InChI is InChI=1S/C24H19F3N4O3/c25-24(26,27)34-19-8-6-18(7-9-19)31-21(32)23(11-12-23)30(22(31)33)15-16-10-13-28-14-20(16)29-17-4-2-1-3-5-17/h1-10,13-14,29H,11-12,15H2. The maximum Gasteiger partial charge on any atom is 0.573 e. The average molecular weight is 468 g/mol. The fraction of sp³-hybridized carbons (Fsp3) is 0.208. The van der Waals surface area contributed by atoms with Gasteiger partial charge in [-0.1, -0.05) is 18.2 Å². The lowest BCUT2D eigenvalue weighted by Gasteiger charge is -2.23. The lowest BCUT2D eigenvalue weighted by molar-refractivity contribution is -0.274. The molecule has 0 unspecified atom stereocenters. The molecule has 1 spiro atoms. The van der Waals surface area contributed by atoms with Gasteiger partial charge in [0, 0.05) is 11.9 Å². The van der Waals surface area contributed by atoms with Crippen molar-refractivity contribution in [1.29, 1.82) is 0 Å². The second-order valence-electron chi connectivity index (χ2n) is 8.11. The number of pyridine rings is 1. The Hall–Kier alpha value is -4.08. The number of hydrogen-bond acceptors (Lipinski definition) is 5. The summed E-state index contributed by atoms with van der Waals surface area (Å²) < 4.78 is 41.2. The lowest BCUT2D eigenvalue weighted by atomic mass is 10.1.